The maximum absolute atomic E-state index is 10.0. The molecule has 20 heavy (non-hydrogen) atoms. The maximum atomic E-state index is 10.0. The molecule has 2 aromatic carbocycles. The van der Waals surface area contributed by atoms with E-state index >= 15 is 0 Å². The molecule has 1 N–H and O–H groups in total. The molecule has 0 fully saturated rings. The average molecular weight is 314 g/mol. The van der Waals surface area contributed by atoms with Crippen LogP contribution in [0.4, 0.5) is 0 Å². The third-order valence-electron chi connectivity index (χ3n) is 3.02. The van der Waals surface area contributed by atoms with Gasteiger partial charge in [-0.2, -0.15) is 0 Å². The van der Waals surface area contributed by atoms with Gasteiger partial charge in [-0.25, -0.2) is 0 Å². The first-order valence-corrected chi connectivity index (χ1v) is 7.14. The average Bonchev–Trinajstić information content (AvgIpc) is 2.44. The maximum Gasteiger partial charge on any atom is 0.147 e. The van der Waals surface area contributed by atoms with Gasteiger partial charge in [-0.3, -0.25) is 0 Å². The highest BCUT2D eigenvalue weighted by Gasteiger charge is 2.17. The van der Waals surface area contributed by atoms with E-state index in [1.165, 1.54) is 0 Å². The molecule has 0 aromatic heterocycles. The number of phenolic OH excluding ortho intramolecular Hbond substituents is 1. The van der Waals surface area contributed by atoms with E-state index in [0.29, 0.717) is 17.7 Å². The van der Waals surface area contributed by atoms with Gasteiger partial charge in [0.05, 0.1) is 6.61 Å². The van der Waals surface area contributed by atoms with Gasteiger partial charge < -0.3 is 14.7 Å². The summed E-state index contributed by atoms with van der Waals surface area (Å²) in [5, 5.41) is 11.8. The number of aromatic hydroxyl groups is 1. The third-order valence-corrected chi connectivity index (χ3v) is 3.85. The van der Waals surface area contributed by atoms with Gasteiger partial charge in [0.15, 0.2) is 0 Å². The van der Waals surface area contributed by atoms with E-state index in [1.54, 1.807) is 6.07 Å². The molecule has 0 amide bonds. The largest absolute Gasteiger partial charge is 0.506 e. The summed E-state index contributed by atoms with van der Waals surface area (Å²) in [4.78, 5) is 2.09. The van der Waals surface area contributed by atoms with Crippen molar-refractivity contribution >= 4 is 34.0 Å². The number of nitrogens with zero attached hydrogens (tertiary/aromatic N) is 1. The van der Waals surface area contributed by atoms with E-state index in [0.717, 1.165) is 18.4 Å². The zero-order valence-electron chi connectivity index (χ0n) is 11.5. The SMILES string of the molecule is CN(C)CCCOc1c(Cl)c(Cl)c(O)c2ccccc12. The molecule has 2 rings (SSSR count). The van der Waals surface area contributed by atoms with Crippen LogP contribution >= 0.6 is 23.2 Å². The van der Waals surface area contributed by atoms with Crippen LogP contribution in [0.25, 0.3) is 10.8 Å². The van der Waals surface area contributed by atoms with Gasteiger partial charge in [0, 0.05) is 17.3 Å². The Morgan fingerprint density at radius 3 is 2.40 bits per heavy atom. The predicted octanol–water partition coefficient (Wildman–Crippen LogP) is 4.18. The Labute approximate surface area is 128 Å². The second-order valence-electron chi connectivity index (χ2n) is 4.86. The number of fused-ring (bicyclic) bond motifs is 1. The first-order valence-electron chi connectivity index (χ1n) is 6.38. The van der Waals surface area contributed by atoms with Gasteiger partial charge >= 0.3 is 0 Å². The summed E-state index contributed by atoms with van der Waals surface area (Å²) < 4.78 is 5.78. The van der Waals surface area contributed by atoms with Crippen LogP contribution in [0.3, 0.4) is 0 Å². The summed E-state index contributed by atoms with van der Waals surface area (Å²) in [5.74, 6) is 0.525. The van der Waals surface area contributed by atoms with Crippen LogP contribution in [0, 0.1) is 0 Å². The molecule has 0 aliphatic heterocycles. The van der Waals surface area contributed by atoms with Gasteiger partial charge in [-0.15, -0.1) is 0 Å². The number of ether oxygens (including phenoxy) is 1. The van der Waals surface area contributed by atoms with Gasteiger partial charge in [-0.1, -0.05) is 47.5 Å². The molecule has 108 valence electrons. The summed E-state index contributed by atoms with van der Waals surface area (Å²) in [6.45, 7) is 1.48. The van der Waals surface area contributed by atoms with Gasteiger partial charge in [0.1, 0.15) is 21.5 Å². The summed E-state index contributed by atoms with van der Waals surface area (Å²) in [5.41, 5.74) is 0. The van der Waals surface area contributed by atoms with Gasteiger partial charge in [0.2, 0.25) is 0 Å². The van der Waals surface area contributed by atoms with Crippen molar-refractivity contribution in [2.24, 2.45) is 0 Å². The molecule has 0 radical (unpaired) electrons. The lowest BCUT2D eigenvalue weighted by Gasteiger charge is -2.15. The van der Waals surface area contributed by atoms with Crippen LogP contribution < -0.4 is 4.74 Å². The molecule has 0 saturated heterocycles. The Bertz CT molecular complexity index is 614. The van der Waals surface area contributed by atoms with E-state index < -0.39 is 0 Å². The lowest BCUT2D eigenvalue weighted by Crippen LogP contribution is -2.15. The van der Waals surface area contributed by atoms with Crippen molar-refractivity contribution in [3.63, 3.8) is 0 Å². The Morgan fingerprint density at radius 2 is 1.75 bits per heavy atom. The van der Waals surface area contributed by atoms with Crippen LogP contribution in [0.2, 0.25) is 10.0 Å². The number of rotatable bonds is 5. The van der Waals surface area contributed by atoms with E-state index in [9.17, 15) is 5.11 Å². The first kappa shape index (κ1) is 15.2. The smallest absolute Gasteiger partial charge is 0.147 e. The number of halogens is 2. The normalized spacial score (nSPS) is 11.2. The zero-order valence-corrected chi connectivity index (χ0v) is 13.0. The van der Waals surface area contributed by atoms with Crippen molar-refractivity contribution in [3.8, 4) is 11.5 Å². The molecule has 5 heteroatoms. The molecule has 0 saturated carbocycles. The Balaban J connectivity index is 2.32. The van der Waals surface area contributed by atoms with Crippen LogP contribution in [-0.4, -0.2) is 37.3 Å². The van der Waals surface area contributed by atoms with E-state index in [-0.39, 0.29) is 15.8 Å². The minimum atomic E-state index is -0.00657. The minimum Gasteiger partial charge on any atom is -0.506 e. The van der Waals surface area contributed by atoms with Crippen molar-refractivity contribution in [1.29, 1.82) is 0 Å². The monoisotopic (exact) mass is 313 g/mol. The third kappa shape index (κ3) is 3.11. The quantitative estimate of drug-likeness (QED) is 0.840. The Morgan fingerprint density at radius 1 is 1.10 bits per heavy atom. The molecular formula is C15H17Cl2NO2. The van der Waals surface area contributed by atoms with Crippen molar-refractivity contribution < 1.29 is 9.84 Å². The molecule has 2 aromatic rings. The fraction of sp³-hybridized carbons (Fsp3) is 0.333. The first-order chi connectivity index (χ1) is 9.52. The Kier molecular flexibility index (Phi) is 4.97. The number of hydrogen-bond acceptors (Lipinski definition) is 3. The summed E-state index contributed by atoms with van der Waals surface area (Å²) >= 11 is 12.2. The van der Waals surface area contributed by atoms with E-state index in [1.807, 2.05) is 32.3 Å². The molecular weight excluding hydrogens is 297 g/mol. The number of benzene rings is 2. The van der Waals surface area contributed by atoms with Crippen molar-refractivity contribution in [1.82, 2.24) is 4.90 Å². The van der Waals surface area contributed by atoms with Crippen molar-refractivity contribution in [2.45, 2.75) is 6.42 Å². The highest BCUT2D eigenvalue weighted by Crippen LogP contribution is 2.45. The molecule has 0 spiro atoms. The minimum absolute atomic E-state index is 0.00657. The topological polar surface area (TPSA) is 32.7 Å². The zero-order chi connectivity index (χ0) is 14.7. The van der Waals surface area contributed by atoms with Crippen molar-refractivity contribution in [3.05, 3.63) is 34.3 Å². The molecule has 0 aliphatic carbocycles. The number of hydrogen-bond donors (Lipinski definition) is 1. The van der Waals surface area contributed by atoms with Crippen LogP contribution in [-0.2, 0) is 0 Å². The predicted molar refractivity (Wildman–Crippen MR) is 84.3 cm³/mol. The second-order valence-corrected chi connectivity index (χ2v) is 5.61. The summed E-state index contributed by atoms with van der Waals surface area (Å²) in [6.07, 6.45) is 0.885. The van der Waals surface area contributed by atoms with Crippen LogP contribution in [0.5, 0.6) is 11.5 Å². The van der Waals surface area contributed by atoms with Crippen molar-refractivity contribution in [2.75, 3.05) is 27.2 Å². The van der Waals surface area contributed by atoms with Crippen LogP contribution in [0.1, 0.15) is 6.42 Å². The Hall–Kier alpha value is -1.16. The lowest BCUT2D eigenvalue weighted by atomic mass is 10.1. The van der Waals surface area contributed by atoms with Gasteiger partial charge in [0.25, 0.3) is 0 Å². The molecule has 0 aliphatic rings. The number of phenols is 1. The molecule has 3 nitrogen and oxygen atoms in total. The fourth-order valence-corrected chi connectivity index (χ4v) is 2.46. The van der Waals surface area contributed by atoms with E-state index in [2.05, 4.69) is 4.90 Å². The highest BCUT2D eigenvalue weighted by molar-refractivity contribution is 6.45. The highest BCUT2D eigenvalue weighted by atomic mass is 35.5. The molecule has 0 bridgehead atoms. The molecule has 0 heterocycles. The molecule has 0 unspecified atom stereocenters. The molecule has 0 atom stereocenters. The summed E-state index contributed by atoms with van der Waals surface area (Å²) in [7, 11) is 4.03. The van der Waals surface area contributed by atoms with Gasteiger partial charge in [-0.05, 0) is 20.5 Å². The summed E-state index contributed by atoms with van der Waals surface area (Å²) in [6, 6.07) is 7.36. The lowest BCUT2D eigenvalue weighted by molar-refractivity contribution is 0.284. The van der Waals surface area contributed by atoms with E-state index in [4.69, 9.17) is 27.9 Å². The van der Waals surface area contributed by atoms with Crippen LogP contribution in [0.15, 0.2) is 24.3 Å². The standard InChI is InChI=1S/C15H17Cl2NO2/c1-18(2)8-5-9-20-15-11-7-4-3-6-10(11)14(19)12(16)13(15)17/h3-4,6-7,19H,5,8-9H2,1-2H3. The fourth-order valence-electron chi connectivity index (χ4n) is 2.02. The second kappa shape index (κ2) is 6.53.